The van der Waals surface area contributed by atoms with Crippen LogP contribution in [0.5, 0.6) is 0 Å². The molecule has 0 saturated carbocycles. The number of rotatable bonds is 0. The van der Waals surface area contributed by atoms with Crippen LogP contribution in [-0.4, -0.2) is 0 Å². The summed E-state index contributed by atoms with van der Waals surface area (Å²) in [5, 5.41) is 0. The standard InChI is InChI=1S/ClH.Cr.HI.H3N/h1H;;1H;1H3/q;+2;;/p-2. The summed E-state index contributed by atoms with van der Waals surface area (Å²) in [4.78, 5) is 0. The summed E-state index contributed by atoms with van der Waals surface area (Å²) >= 11 is 0.0972. The molecule has 1 nitrogen and oxygen atoms in total. The molecule has 0 spiro atoms. The Balaban J connectivity index is 0. The van der Waals surface area contributed by atoms with Gasteiger partial charge in [-0.1, -0.05) is 0 Å². The molecule has 0 aliphatic heterocycles. The molecule has 0 amide bonds. The molecule has 28 valence electrons. The van der Waals surface area contributed by atoms with Crippen molar-refractivity contribution in [1.29, 1.82) is 0 Å². The Hall–Kier alpha value is 1.51. The van der Waals surface area contributed by atoms with Gasteiger partial charge in [-0.2, -0.15) is 0 Å². The van der Waals surface area contributed by atoms with E-state index >= 15 is 0 Å². The Kier molecular flexibility index (Phi) is 20.1. The molecule has 4 heavy (non-hydrogen) atoms. The van der Waals surface area contributed by atoms with Gasteiger partial charge in [-0.05, 0) is 0 Å². The van der Waals surface area contributed by atoms with Crippen LogP contribution in [0.4, 0.5) is 0 Å². The second kappa shape index (κ2) is 8.82. The van der Waals surface area contributed by atoms with E-state index in [2.05, 4.69) is 4.72 Å². The molecule has 0 radical (unpaired) electrons. The van der Waals surface area contributed by atoms with Crippen LogP contribution in [0.2, 0.25) is 0 Å². The van der Waals surface area contributed by atoms with E-state index in [4.69, 9.17) is 10.0 Å². The Morgan fingerprint density at radius 2 is 1.75 bits per heavy atom. The summed E-state index contributed by atoms with van der Waals surface area (Å²) in [5.74, 6) is 0. The molecule has 0 aromatic heterocycles. The van der Waals surface area contributed by atoms with Crippen LogP contribution in [-0.2, 0) is 14.5 Å². The van der Waals surface area contributed by atoms with Crippen LogP contribution in [0.15, 0.2) is 0 Å². The molecule has 0 fully saturated rings. The molecule has 0 aromatic rings. The first kappa shape index (κ1) is 9.10. The molecule has 4 heteroatoms. The van der Waals surface area contributed by atoms with Gasteiger partial charge in [-0.3, -0.25) is 0 Å². The van der Waals surface area contributed by atoms with E-state index in [0.29, 0.717) is 0 Å². The Labute approximate surface area is 53.0 Å². The van der Waals surface area contributed by atoms with Crippen molar-refractivity contribution in [3.05, 3.63) is 0 Å². The van der Waals surface area contributed by atoms with Crippen molar-refractivity contribution in [2.75, 3.05) is 0 Å². The maximum atomic E-state index is 4.95. The van der Waals surface area contributed by atoms with Gasteiger partial charge in [0.25, 0.3) is 0 Å². The first-order valence-corrected chi connectivity index (χ1v) is 3.10. The van der Waals surface area contributed by atoms with Crippen molar-refractivity contribution in [2.45, 2.75) is 0 Å². The summed E-state index contributed by atoms with van der Waals surface area (Å²) in [5.41, 5.74) is 0. The Morgan fingerprint density at radius 3 is 1.75 bits per heavy atom. The summed E-state index contributed by atoms with van der Waals surface area (Å²) in [6, 6.07) is 0. The molecule has 0 aliphatic rings. The van der Waals surface area contributed by atoms with E-state index in [9.17, 15) is 0 Å². The third-order valence-electron chi connectivity index (χ3n) is 0. The molecular weight excluding hydrogens is 228 g/mol. The van der Waals surface area contributed by atoms with Gasteiger partial charge in [-0.25, -0.2) is 0 Å². The van der Waals surface area contributed by atoms with Gasteiger partial charge in [0.05, 0.1) is 0 Å². The van der Waals surface area contributed by atoms with Crippen molar-refractivity contribution in [3.63, 3.8) is 0 Å². The van der Waals surface area contributed by atoms with Crippen LogP contribution in [0.3, 0.4) is 0 Å². The van der Waals surface area contributed by atoms with Crippen LogP contribution >= 0.6 is 10.0 Å². The monoisotopic (exact) mass is 231 g/mol. The Morgan fingerprint density at radius 1 is 1.75 bits per heavy atom. The summed E-state index contributed by atoms with van der Waals surface area (Å²) in [7, 11) is 4.95. The SMILES string of the molecule is [I-].[NH3+][Cr][Cl]. The third-order valence-corrected chi connectivity index (χ3v) is 0. The minimum absolute atomic E-state index is 0. The second-order valence-electron chi connectivity index (χ2n) is 0.109. The molecule has 0 bridgehead atoms. The quantitative estimate of drug-likeness (QED) is 0.417. The molecule has 0 atom stereocenters. The Bertz CT molecular complexity index is 8.00. The summed E-state index contributed by atoms with van der Waals surface area (Å²) < 4.78 is 3.31. The second-order valence-corrected chi connectivity index (χ2v) is 1.35. The minimum atomic E-state index is 0. The fourth-order valence-corrected chi connectivity index (χ4v) is 0. The molecule has 0 unspecified atom stereocenters. The van der Waals surface area contributed by atoms with E-state index in [-0.39, 0.29) is 38.5 Å². The fraction of sp³-hybridized carbons (Fsp3) is 0. The maximum absolute atomic E-state index is 4.95. The van der Waals surface area contributed by atoms with Crippen molar-refractivity contribution in [2.24, 2.45) is 0 Å². The molecule has 0 saturated heterocycles. The van der Waals surface area contributed by atoms with Gasteiger partial charge < -0.3 is 24.0 Å². The fourth-order valence-electron chi connectivity index (χ4n) is 0. The van der Waals surface area contributed by atoms with E-state index in [1.165, 1.54) is 0 Å². The van der Waals surface area contributed by atoms with Gasteiger partial charge in [0.2, 0.25) is 0 Å². The van der Waals surface area contributed by atoms with E-state index in [1.807, 2.05) is 0 Å². The van der Waals surface area contributed by atoms with Crippen molar-refractivity contribution in [3.8, 4) is 0 Å². The molecule has 0 rings (SSSR count). The van der Waals surface area contributed by atoms with Crippen LogP contribution in [0, 0.1) is 0 Å². The predicted octanol–water partition coefficient (Wildman–Crippen LogP) is -3.62. The van der Waals surface area contributed by atoms with Gasteiger partial charge in [0.1, 0.15) is 0 Å². The van der Waals surface area contributed by atoms with Gasteiger partial charge in [0.15, 0.2) is 0 Å². The van der Waals surface area contributed by atoms with Gasteiger partial charge in [0, 0.05) is 0 Å². The van der Waals surface area contributed by atoms with Crippen molar-refractivity contribution >= 4 is 10.0 Å². The third kappa shape index (κ3) is 9.69. The predicted molar refractivity (Wildman–Crippen MR) is 8.74 cm³/mol. The average Bonchev–Trinajstić information content (AvgIpc) is 0.918. The summed E-state index contributed by atoms with van der Waals surface area (Å²) in [6.07, 6.45) is 0. The van der Waals surface area contributed by atoms with Crippen molar-refractivity contribution < 1.29 is 43.2 Å². The van der Waals surface area contributed by atoms with E-state index in [0.717, 1.165) is 0 Å². The molecule has 3 N–H and O–H groups in total. The molecule has 0 aliphatic carbocycles. The van der Waals surface area contributed by atoms with Crippen LogP contribution in [0.1, 0.15) is 0 Å². The zero-order valence-corrected chi connectivity index (χ0v) is 6.06. The molecule has 0 aromatic carbocycles. The number of halogens is 2. The van der Waals surface area contributed by atoms with Crippen LogP contribution in [0.25, 0.3) is 0 Å². The topological polar surface area (TPSA) is 27.6 Å². The van der Waals surface area contributed by atoms with Crippen LogP contribution < -0.4 is 28.7 Å². The number of hydrogen-bond acceptors (Lipinski definition) is 0. The van der Waals surface area contributed by atoms with Gasteiger partial charge in [-0.15, -0.1) is 0 Å². The molecule has 0 heterocycles. The first-order valence-electron chi connectivity index (χ1n) is 0.443. The summed E-state index contributed by atoms with van der Waals surface area (Å²) in [6.45, 7) is 0. The average molecular weight is 231 g/mol. The normalized spacial score (nSPS) is 4.50. The number of quaternary nitrogens is 1. The van der Waals surface area contributed by atoms with Crippen molar-refractivity contribution in [1.82, 2.24) is 0 Å². The van der Waals surface area contributed by atoms with E-state index < -0.39 is 0 Å². The van der Waals surface area contributed by atoms with E-state index in [1.54, 1.807) is 0 Å². The number of hydrogen-bond donors (Lipinski definition) is 1. The zero-order valence-electron chi connectivity index (χ0n) is 1.87. The van der Waals surface area contributed by atoms with Gasteiger partial charge >= 0.3 is 29.3 Å². The zero-order chi connectivity index (χ0) is 2.71. The first-order chi connectivity index (χ1) is 1.41. The molecular formula is H3ClCrIN.